The highest BCUT2D eigenvalue weighted by Gasteiger charge is 2.22. The van der Waals surface area contributed by atoms with E-state index >= 15 is 0 Å². The summed E-state index contributed by atoms with van der Waals surface area (Å²) in [6, 6.07) is 36.3. The molecule has 186 valence electrons. The Morgan fingerprint density at radius 3 is 2.10 bits per heavy atom. The van der Waals surface area contributed by atoms with E-state index < -0.39 is 0 Å². The average molecular weight is 531 g/mol. The van der Waals surface area contributed by atoms with E-state index in [0.29, 0.717) is 27.5 Å². The van der Waals surface area contributed by atoms with Gasteiger partial charge in [-0.2, -0.15) is 0 Å². The first-order valence-electron chi connectivity index (χ1n) is 15.3. The first-order valence-corrected chi connectivity index (χ1v) is 14.1. The summed E-state index contributed by atoms with van der Waals surface area (Å²) in [6.45, 7) is 0. The zero-order valence-electron chi connectivity index (χ0n) is 25.2. The van der Waals surface area contributed by atoms with Crippen molar-refractivity contribution < 1.29 is 9.90 Å². The third-order valence-electron chi connectivity index (χ3n) is 7.96. The van der Waals surface area contributed by atoms with Gasteiger partial charge >= 0.3 is 0 Å². The van der Waals surface area contributed by atoms with Crippen LogP contribution in [0.1, 0.15) is 5.48 Å². The van der Waals surface area contributed by atoms with E-state index in [0.717, 1.165) is 43.6 Å². The molecule has 2 heteroatoms. The van der Waals surface area contributed by atoms with Gasteiger partial charge in [0.2, 0.25) is 0 Å². The van der Waals surface area contributed by atoms with Crippen molar-refractivity contribution in [3.63, 3.8) is 0 Å². The third-order valence-corrected chi connectivity index (χ3v) is 9.12. The van der Waals surface area contributed by atoms with E-state index in [-0.39, 0.29) is 24.2 Å². The van der Waals surface area contributed by atoms with Crippen LogP contribution in [0.2, 0.25) is 0 Å². The molecule has 0 atom stereocenters. The van der Waals surface area contributed by atoms with Gasteiger partial charge in [-0.1, -0.05) is 103 Å². The van der Waals surface area contributed by atoms with Gasteiger partial charge in [-0.3, -0.25) is 0 Å². The molecule has 1 nitrogen and oxygen atoms in total. The van der Waals surface area contributed by atoms with Crippen molar-refractivity contribution in [2.45, 2.75) is 0 Å². The number of rotatable bonds is 2. The minimum Gasteiger partial charge on any atom is -0.455 e. The third kappa shape index (κ3) is 3.08. The van der Waals surface area contributed by atoms with Crippen molar-refractivity contribution in [2.75, 3.05) is 0 Å². The van der Waals surface area contributed by atoms with Crippen LogP contribution in [0.15, 0.2) is 138 Å². The van der Waals surface area contributed by atoms with Crippen LogP contribution >= 0.6 is 11.3 Å². The van der Waals surface area contributed by atoms with Gasteiger partial charge in [-0.25, -0.2) is 0 Å². The second kappa shape index (κ2) is 8.29. The molecule has 0 amide bonds. The number of benzene rings is 7. The Balaban J connectivity index is 1.53. The van der Waals surface area contributed by atoms with Gasteiger partial charge in [0, 0.05) is 42.1 Å². The Morgan fingerprint density at radius 1 is 0.525 bits per heavy atom. The lowest BCUT2D eigenvalue weighted by Gasteiger charge is -2.15. The summed E-state index contributed by atoms with van der Waals surface area (Å²) in [4.78, 5) is 0. The number of hydrogen-bond acceptors (Lipinski definition) is 2. The Kier molecular flexibility index (Phi) is 3.81. The molecule has 2 heterocycles. The summed E-state index contributed by atoms with van der Waals surface area (Å²) in [5, 5.41) is 7.14. The van der Waals surface area contributed by atoms with Gasteiger partial charge < -0.3 is 4.42 Å². The predicted octanol–water partition coefficient (Wildman–Crippen LogP) is 11.6. The van der Waals surface area contributed by atoms with Gasteiger partial charge in [0.25, 0.3) is 0 Å². The second-order valence-electron chi connectivity index (χ2n) is 10.2. The number of hydrogen-bond donors (Lipinski definition) is 0. The number of fused-ring (bicyclic) bond motifs is 8. The van der Waals surface area contributed by atoms with E-state index in [9.17, 15) is 2.74 Å². The van der Waals surface area contributed by atoms with E-state index in [4.69, 9.17) is 7.16 Å². The molecule has 0 fully saturated rings. The first kappa shape index (κ1) is 18.4. The molecule has 9 rings (SSSR count). The summed E-state index contributed by atoms with van der Waals surface area (Å²) in [7, 11) is 0. The molecule has 0 spiro atoms. The first-order chi connectivity index (χ1) is 21.5. The Labute approximate surface area is 240 Å². The summed E-state index contributed by atoms with van der Waals surface area (Å²) in [5.74, 6) is 0. The van der Waals surface area contributed by atoms with Crippen molar-refractivity contribution in [1.29, 1.82) is 0 Å². The predicted molar refractivity (Wildman–Crippen MR) is 172 cm³/mol. The normalized spacial score (nSPS) is 13.4. The van der Waals surface area contributed by atoms with E-state index in [1.807, 2.05) is 48.5 Å². The Hall–Kier alpha value is -4.92. The molecule has 7 aromatic carbocycles. The summed E-state index contributed by atoms with van der Waals surface area (Å²) in [6.07, 6.45) is 0. The van der Waals surface area contributed by atoms with Crippen LogP contribution in [0.25, 0.3) is 85.9 Å². The smallest absolute Gasteiger partial charge is 0.144 e. The molecule has 0 N–H and O–H groups in total. The van der Waals surface area contributed by atoms with E-state index in [1.54, 1.807) is 11.3 Å². The lowest BCUT2D eigenvalue weighted by atomic mass is 9.87. The highest BCUT2D eigenvalue weighted by molar-refractivity contribution is 7.25. The molecule has 2 aromatic heterocycles. The van der Waals surface area contributed by atoms with Crippen molar-refractivity contribution in [2.24, 2.45) is 0 Å². The van der Waals surface area contributed by atoms with Crippen LogP contribution in [-0.2, 0) is 0 Å². The fourth-order valence-electron chi connectivity index (χ4n) is 6.19. The van der Waals surface area contributed by atoms with Crippen LogP contribution < -0.4 is 0 Å². The van der Waals surface area contributed by atoms with Crippen molar-refractivity contribution in [3.05, 3.63) is 133 Å². The fraction of sp³-hybridized carbons (Fsp3) is 0. The molecule has 0 aliphatic rings. The monoisotopic (exact) mass is 530 g/mol. The number of furan rings is 1. The highest BCUT2D eigenvalue weighted by atomic mass is 32.1. The van der Waals surface area contributed by atoms with Crippen molar-refractivity contribution >= 4 is 75.0 Å². The maximum Gasteiger partial charge on any atom is 0.144 e. The molecular weight excluding hydrogens is 504 g/mol. The minimum atomic E-state index is -0.259. The van der Waals surface area contributed by atoms with Crippen LogP contribution in [0.4, 0.5) is 0 Å². The SMILES string of the molecule is [2H]c1c([2H])c([2H])c2c(-c3ccc4sc5ccccc5c4c3)c3c(oc4ccccc43)c(-c3ccc4ccccc4c3)c2c1[2H]. The molecule has 0 saturated heterocycles. The molecule has 0 saturated carbocycles. The van der Waals surface area contributed by atoms with E-state index in [1.165, 1.54) is 14.8 Å². The number of thiophene rings is 1. The van der Waals surface area contributed by atoms with Gasteiger partial charge in [-0.05, 0) is 63.0 Å². The molecule has 0 radical (unpaired) electrons. The van der Waals surface area contributed by atoms with Gasteiger partial charge in [0.15, 0.2) is 0 Å². The van der Waals surface area contributed by atoms with Gasteiger partial charge in [0.1, 0.15) is 11.2 Å². The van der Waals surface area contributed by atoms with Crippen molar-refractivity contribution in [3.8, 4) is 22.3 Å². The quantitative estimate of drug-likeness (QED) is 0.217. The standard InChI is InChI=1S/C38H22OS/c1-2-10-24-21-25(18-17-23(24)9-1)36-29-13-4-3-12-28(29)35(37-30-14-5-7-15-32(30)39-38(36)37)26-19-20-34-31(22-26)27-11-6-8-16-33(27)40-34/h1-22H/i3D,4D,12D,13D. The van der Waals surface area contributed by atoms with Crippen LogP contribution in [0.5, 0.6) is 0 Å². The minimum absolute atomic E-state index is 0.0551. The molecule has 0 aliphatic carbocycles. The van der Waals surface area contributed by atoms with Gasteiger partial charge in [-0.15, -0.1) is 11.3 Å². The van der Waals surface area contributed by atoms with Gasteiger partial charge in [0.05, 0.1) is 5.48 Å². The second-order valence-corrected chi connectivity index (χ2v) is 11.3. The summed E-state index contributed by atoms with van der Waals surface area (Å²) >= 11 is 1.75. The van der Waals surface area contributed by atoms with Crippen LogP contribution in [0.3, 0.4) is 0 Å². The molecule has 0 bridgehead atoms. The highest BCUT2D eigenvalue weighted by Crippen LogP contribution is 2.48. The lowest BCUT2D eigenvalue weighted by Crippen LogP contribution is -1.89. The van der Waals surface area contributed by atoms with E-state index in [2.05, 4.69) is 60.7 Å². The molecule has 0 unspecified atom stereocenters. The molecule has 9 aromatic rings. The zero-order valence-corrected chi connectivity index (χ0v) is 22.0. The maximum absolute atomic E-state index is 9.29. The molecular formula is C38H22OS. The average Bonchev–Trinajstić information content (AvgIpc) is 3.63. The molecule has 0 aliphatic heterocycles. The Morgan fingerprint density at radius 2 is 1.20 bits per heavy atom. The van der Waals surface area contributed by atoms with Crippen molar-refractivity contribution in [1.82, 2.24) is 0 Å². The maximum atomic E-state index is 9.29. The van der Waals surface area contributed by atoms with Crippen LogP contribution in [-0.4, -0.2) is 0 Å². The summed E-state index contributed by atoms with van der Waals surface area (Å²) < 4.78 is 45.0. The topological polar surface area (TPSA) is 13.1 Å². The zero-order chi connectivity index (χ0) is 29.7. The largest absolute Gasteiger partial charge is 0.455 e. The lowest BCUT2D eigenvalue weighted by molar-refractivity contribution is 0.670. The molecule has 40 heavy (non-hydrogen) atoms. The Bertz CT molecular complexity index is 2670. The number of para-hydroxylation sites is 1. The summed E-state index contributed by atoms with van der Waals surface area (Å²) in [5.41, 5.74) is 4.48. The fourth-order valence-corrected chi connectivity index (χ4v) is 7.27. The van der Waals surface area contributed by atoms with Crippen LogP contribution in [0, 0.1) is 0 Å².